The fourth-order valence-electron chi connectivity index (χ4n) is 3.51. The van der Waals surface area contributed by atoms with Crippen molar-refractivity contribution in [2.75, 3.05) is 7.11 Å². The molecule has 0 N–H and O–H groups in total. The van der Waals surface area contributed by atoms with Gasteiger partial charge >= 0.3 is 0 Å². The molecule has 0 heterocycles. The van der Waals surface area contributed by atoms with Crippen molar-refractivity contribution in [2.45, 2.75) is 33.6 Å². The number of carbonyl (C=O) groups excluding carboxylic acids is 1. The van der Waals surface area contributed by atoms with Gasteiger partial charge in [-0.2, -0.15) is 0 Å². The molecule has 0 saturated carbocycles. The Kier molecular flexibility index (Phi) is 6.36. The molecule has 0 spiro atoms. The highest BCUT2D eigenvalue weighted by molar-refractivity contribution is 6.26. The lowest BCUT2D eigenvalue weighted by atomic mass is 9.89. The standard InChI is InChI=1S/C23H25NO2/c1-7-10-17-11-15(4)21(16(5)12-17)22-20(26-6)14-18(23(22)25)13-19(8-2)24-9-3/h8-9,11-12,18H,2-3,13-14H2,1,4-6H3. The summed E-state index contributed by atoms with van der Waals surface area (Å²) >= 11 is 0. The van der Waals surface area contributed by atoms with Gasteiger partial charge in [0.2, 0.25) is 0 Å². The summed E-state index contributed by atoms with van der Waals surface area (Å²) in [5, 5.41) is 0. The van der Waals surface area contributed by atoms with Gasteiger partial charge in [0.1, 0.15) is 5.76 Å². The van der Waals surface area contributed by atoms with Crippen LogP contribution >= 0.6 is 0 Å². The lowest BCUT2D eigenvalue weighted by Gasteiger charge is -2.14. The van der Waals surface area contributed by atoms with Crippen LogP contribution in [0.25, 0.3) is 5.57 Å². The van der Waals surface area contributed by atoms with E-state index in [1.165, 1.54) is 6.20 Å². The molecule has 1 aromatic carbocycles. The number of aliphatic imine (C=N–C) groups is 1. The predicted molar refractivity (Wildman–Crippen MR) is 108 cm³/mol. The SMILES string of the molecule is C=CN=C(C=C)CC1CC(OC)=C(c2c(C)cc(C#CC)cc2C)C1=O. The summed E-state index contributed by atoms with van der Waals surface area (Å²) < 4.78 is 5.59. The molecule has 0 bridgehead atoms. The van der Waals surface area contributed by atoms with Gasteiger partial charge in [0.05, 0.1) is 12.7 Å². The first kappa shape index (κ1) is 19.5. The first-order chi connectivity index (χ1) is 12.5. The number of aryl methyl sites for hydroxylation is 2. The first-order valence-corrected chi connectivity index (χ1v) is 8.62. The predicted octanol–water partition coefficient (Wildman–Crippen LogP) is 4.78. The fourth-order valence-corrected chi connectivity index (χ4v) is 3.51. The molecule has 0 saturated heterocycles. The third-order valence-electron chi connectivity index (χ3n) is 4.57. The van der Waals surface area contributed by atoms with Crippen LogP contribution in [0.4, 0.5) is 0 Å². The number of hydrogen-bond acceptors (Lipinski definition) is 3. The number of methoxy groups -OCH3 is 1. The van der Waals surface area contributed by atoms with Crippen molar-refractivity contribution in [1.29, 1.82) is 0 Å². The molecule has 0 amide bonds. The van der Waals surface area contributed by atoms with E-state index in [0.717, 1.165) is 33.7 Å². The Labute approximate surface area is 156 Å². The molecule has 26 heavy (non-hydrogen) atoms. The Bertz CT molecular complexity index is 852. The molecule has 1 aliphatic rings. The van der Waals surface area contributed by atoms with Crippen LogP contribution in [0.2, 0.25) is 0 Å². The Morgan fingerprint density at radius 1 is 1.35 bits per heavy atom. The Morgan fingerprint density at radius 2 is 2.00 bits per heavy atom. The molecule has 1 unspecified atom stereocenters. The topological polar surface area (TPSA) is 38.7 Å². The second-order valence-corrected chi connectivity index (χ2v) is 6.34. The largest absolute Gasteiger partial charge is 0.500 e. The zero-order valence-corrected chi connectivity index (χ0v) is 16.0. The maximum Gasteiger partial charge on any atom is 0.170 e. The summed E-state index contributed by atoms with van der Waals surface area (Å²) in [6.45, 7) is 13.2. The third-order valence-corrected chi connectivity index (χ3v) is 4.57. The number of ketones is 1. The van der Waals surface area contributed by atoms with Gasteiger partial charge in [-0.1, -0.05) is 19.1 Å². The van der Waals surface area contributed by atoms with Crippen LogP contribution in [0.3, 0.4) is 0 Å². The zero-order valence-electron chi connectivity index (χ0n) is 16.0. The second kappa shape index (κ2) is 8.49. The highest BCUT2D eigenvalue weighted by atomic mass is 16.5. The minimum absolute atomic E-state index is 0.0981. The van der Waals surface area contributed by atoms with Crippen molar-refractivity contribution in [3.63, 3.8) is 0 Å². The van der Waals surface area contributed by atoms with Crippen LogP contribution in [0.1, 0.15) is 42.0 Å². The van der Waals surface area contributed by atoms with Crippen LogP contribution in [0.5, 0.6) is 0 Å². The van der Waals surface area contributed by atoms with Gasteiger partial charge in [0.15, 0.2) is 5.78 Å². The molecule has 0 radical (unpaired) electrons. The molecule has 0 aliphatic heterocycles. The quantitative estimate of drug-likeness (QED) is 0.548. The van der Waals surface area contributed by atoms with Crippen molar-refractivity contribution in [3.8, 4) is 11.8 Å². The van der Waals surface area contributed by atoms with Gasteiger partial charge in [-0.05, 0) is 55.7 Å². The Morgan fingerprint density at radius 3 is 2.50 bits per heavy atom. The molecule has 3 heteroatoms. The Balaban J connectivity index is 2.46. The number of ether oxygens (including phenoxy) is 1. The monoisotopic (exact) mass is 347 g/mol. The van der Waals surface area contributed by atoms with Gasteiger partial charge in [0.25, 0.3) is 0 Å². The van der Waals surface area contributed by atoms with Crippen LogP contribution in [-0.2, 0) is 9.53 Å². The molecule has 3 nitrogen and oxygen atoms in total. The van der Waals surface area contributed by atoms with Crippen molar-refractivity contribution in [3.05, 3.63) is 65.6 Å². The van der Waals surface area contributed by atoms with Gasteiger partial charge < -0.3 is 4.74 Å². The van der Waals surface area contributed by atoms with E-state index < -0.39 is 0 Å². The average Bonchev–Trinajstić information content (AvgIpc) is 2.90. The average molecular weight is 347 g/mol. The van der Waals surface area contributed by atoms with Gasteiger partial charge in [0, 0.05) is 36.2 Å². The minimum atomic E-state index is -0.189. The minimum Gasteiger partial charge on any atom is -0.500 e. The number of Topliss-reactive ketones (excluding diaryl/α,β-unsaturated/α-hetero) is 1. The number of nitrogens with zero attached hydrogens (tertiary/aromatic N) is 1. The van der Waals surface area contributed by atoms with Crippen LogP contribution in [0, 0.1) is 31.6 Å². The summed E-state index contributed by atoms with van der Waals surface area (Å²) in [7, 11) is 1.62. The van der Waals surface area contributed by atoms with E-state index in [0.29, 0.717) is 18.4 Å². The molecule has 134 valence electrons. The molecule has 0 aromatic heterocycles. The van der Waals surface area contributed by atoms with E-state index in [1.54, 1.807) is 13.2 Å². The molecule has 1 atom stereocenters. The summed E-state index contributed by atoms with van der Waals surface area (Å²) in [5.41, 5.74) is 5.43. The number of carbonyl (C=O) groups is 1. The highest BCUT2D eigenvalue weighted by Crippen LogP contribution is 2.39. The highest BCUT2D eigenvalue weighted by Gasteiger charge is 2.36. The Hall–Kier alpha value is -2.86. The molecular weight excluding hydrogens is 322 g/mol. The maximum atomic E-state index is 13.2. The van der Waals surface area contributed by atoms with Crippen molar-refractivity contribution < 1.29 is 9.53 Å². The van der Waals surface area contributed by atoms with E-state index in [4.69, 9.17) is 4.74 Å². The van der Waals surface area contributed by atoms with Crippen LogP contribution in [-0.4, -0.2) is 18.6 Å². The summed E-state index contributed by atoms with van der Waals surface area (Å²) in [4.78, 5) is 17.4. The molecule has 1 aliphatic carbocycles. The van der Waals surface area contributed by atoms with Crippen molar-refractivity contribution >= 4 is 17.1 Å². The van der Waals surface area contributed by atoms with E-state index in [9.17, 15) is 4.79 Å². The van der Waals surface area contributed by atoms with Crippen LogP contribution < -0.4 is 0 Å². The van der Waals surface area contributed by atoms with Gasteiger partial charge in [-0.3, -0.25) is 9.79 Å². The molecular formula is C23H25NO2. The van der Waals surface area contributed by atoms with E-state index in [-0.39, 0.29) is 11.7 Å². The number of allylic oxidation sites excluding steroid dienone is 3. The number of rotatable bonds is 6. The van der Waals surface area contributed by atoms with Crippen LogP contribution in [0.15, 0.2) is 48.3 Å². The van der Waals surface area contributed by atoms with Gasteiger partial charge in [-0.25, -0.2) is 0 Å². The fraction of sp³-hybridized carbons (Fsp3) is 0.304. The zero-order chi connectivity index (χ0) is 19.3. The molecule has 1 aromatic rings. The van der Waals surface area contributed by atoms with Gasteiger partial charge in [-0.15, -0.1) is 5.92 Å². The number of hydrogen-bond donors (Lipinski definition) is 0. The lowest BCUT2D eigenvalue weighted by Crippen LogP contribution is -2.14. The normalized spacial score (nSPS) is 17.0. The third kappa shape index (κ3) is 3.86. The lowest BCUT2D eigenvalue weighted by molar-refractivity contribution is -0.116. The smallest absolute Gasteiger partial charge is 0.170 e. The van der Waals surface area contributed by atoms with Crippen molar-refractivity contribution in [2.24, 2.45) is 10.9 Å². The number of benzene rings is 1. The van der Waals surface area contributed by atoms with E-state index in [1.807, 2.05) is 32.9 Å². The van der Waals surface area contributed by atoms with Crippen molar-refractivity contribution in [1.82, 2.24) is 0 Å². The summed E-state index contributed by atoms with van der Waals surface area (Å²) in [6, 6.07) is 4.04. The summed E-state index contributed by atoms with van der Waals surface area (Å²) in [5.74, 6) is 6.65. The summed E-state index contributed by atoms with van der Waals surface area (Å²) in [6.07, 6.45) is 4.25. The molecule has 2 rings (SSSR count). The maximum absolute atomic E-state index is 13.2. The van der Waals surface area contributed by atoms with E-state index in [2.05, 4.69) is 30.0 Å². The second-order valence-electron chi connectivity index (χ2n) is 6.34. The first-order valence-electron chi connectivity index (χ1n) is 8.62. The molecule has 0 fully saturated rings. The van der Waals surface area contributed by atoms with E-state index >= 15 is 0 Å².